The summed E-state index contributed by atoms with van der Waals surface area (Å²) in [5, 5.41) is 9.46. The molecule has 4 heterocycles. The average molecular weight is 741 g/mol. The van der Waals surface area contributed by atoms with Crippen LogP contribution in [0.1, 0.15) is 0 Å². The lowest BCUT2D eigenvalue weighted by atomic mass is 10.0. The zero-order valence-electron chi connectivity index (χ0n) is 31.2. The van der Waals surface area contributed by atoms with Crippen molar-refractivity contribution in [2.24, 2.45) is 0 Å². The Hall–Kier alpha value is -7.82. The fourth-order valence-electron chi connectivity index (χ4n) is 9.44. The topological polar surface area (TPSA) is 36.1 Å². The molecule has 0 spiro atoms. The molecule has 13 aromatic rings. The van der Waals surface area contributed by atoms with Gasteiger partial charge in [0.1, 0.15) is 22.3 Å². The highest BCUT2D eigenvalue weighted by atomic mass is 16.3. The number of hydrogen-bond donors (Lipinski definition) is 0. The number of para-hydroxylation sites is 4. The Bertz CT molecular complexity index is 3570. The molecule has 0 N–H and O–H groups in total. The van der Waals surface area contributed by atoms with E-state index in [0.29, 0.717) is 0 Å². The summed E-state index contributed by atoms with van der Waals surface area (Å²) in [6.07, 6.45) is 0. The Balaban J connectivity index is 0.951. The highest BCUT2D eigenvalue weighted by Crippen LogP contribution is 2.40. The second-order valence-electron chi connectivity index (χ2n) is 15.3. The van der Waals surface area contributed by atoms with Gasteiger partial charge in [-0.25, -0.2) is 0 Å². The summed E-state index contributed by atoms with van der Waals surface area (Å²) in [5.41, 5.74) is 15.3. The Morgan fingerprint density at radius 3 is 1.09 bits per heavy atom. The van der Waals surface area contributed by atoms with Crippen molar-refractivity contribution in [1.29, 1.82) is 0 Å². The van der Waals surface area contributed by atoms with Gasteiger partial charge in [0.25, 0.3) is 0 Å². The van der Waals surface area contributed by atoms with E-state index in [0.717, 1.165) is 55.3 Å². The molecule has 0 saturated heterocycles. The predicted molar refractivity (Wildman–Crippen MR) is 241 cm³/mol. The zero-order valence-corrected chi connectivity index (χ0v) is 31.2. The Morgan fingerprint density at radius 2 is 0.603 bits per heavy atom. The molecule has 0 amide bonds. The number of benzene rings is 9. The number of furan rings is 2. The van der Waals surface area contributed by atoms with E-state index in [1.54, 1.807) is 0 Å². The minimum atomic E-state index is 0.910. The van der Waals surface area contributed by atoms with Crippen molar-refractivity contribution in [2.75, 3.05) is 0 Å². The summed E-state index contributed by atoms with van der Waals surface area (Å²) >= 11 is 0. The Labute approximate surface area is 332 Å². The summed E-state index contributed by atoms with van der Waals surface area (Å²) in [7, 11) is 0. The van der Waals surface area contributed by atoms with Crippen LogP contribution >= 0.6 is 0 Å². The molecule has 270 valence electrons. The smallest absolute Gasteiger partial charge is 0.135 e. The van der Waals surface area contributed by atoms with Gasteiger partial charge in [0.15, 0.2) is 0 Å². The predicted octanol–water partition coefficient (Wildman–Crippen LogP) is 15.0. The molecule has 0 unspecified atom stereocenters. The molecule has 0 saturated carbocycles. The maximum absolute atomic E-state index is 6.14. The van der Waals surface area contributed by atoms with Gasteiger partial charge in [-0.05, 0) is 113 Å². The van der Waals surface area contributed by atoms with Gasteiger partial charge in [-0.2, -0.15) is 0 Å². The number of aromatic nitrogens is 2. The Kier molecular flexibility index (Phi) is 6.41. The molecule has 0 atom stereocenters. The van der Waals surface area contributed by atoms with E-state index in [9.17, 15) is 0 Å². The summed E-state index contributed by atoms with van der Waals surface area (Å²) in [6, 6.07) is 69.8. The number of nitrogens with zero attached hydrogens (tertiary/aromatic N) is 2. The monoisotopic (exact) mass is 740 g/mol. The molecular formula is C54H32N2O2. The lowest BCUT2D eigenvalue weighted by Crippen LogP contribution is -1.98. The fourth-order valence-corrected chi connectivity index (χ4v) is 9.44. The molecule has 4 heteroatoms. The minimum Gasteiger partial charge on any atom is -0.456 e. The van der Waals surface area contributed by atoms with Gasteiger partial charge in [-0.1, -0.05) is 103 Å². The molecule has 0 aliphatic carbocycles. The van der Waals surface area contributed by atoms with Crippen LogP contribution in [0, 0.1) is 0 Å². The van der Waals surface area contributed by atoms with Gasteiger partial charge >= 0.3 is 0 Å². The highest BCUT2D eigenvalue weighted by Gasteiger charge is 2.18. The third kappa shape index (κ3) is 4.51. The van der Waals surface area contributed by atoms with E-state index in [4.69, 9.17) is 8.83 Å². The van der Waals surface area contributed by atoms with Crippen LogP contribution in [-0.2, 0) is 0 Å². The SMILES string of the molecule is c1cc(-n2c3ccccc3c3cc(-c4ccc5oc6ccccc6c5c4)ccc32)cc(-n2c3ccccc3c3cc(-c4ccc5oc6ccccc6c5c4)ccc32)c1. The fraction of sp³-hybridized carbons (Fsp3) is 0. The van der Waals surface area contributed by atoms with Crippen LogP contribution in [-0.4, -0.2) is 9.13 Å². The maximum Gasteiger partial charge on any atom is 0.135 e. The standard InChI is InChI=1S/C54H32N2O2/c1-5-16-47-39(12-1)43-28-33(35-22-26-53-45(30-35)41-14-3-7-18-51(41)57-53)20-24-49(43)55(47)37-10-9-11-38(32-37)56-48-17-6-2-13-40(48)44-29-34(21-25-50(44)56)36-23-27-54-46(31-36)42-15-4-8-19-52(42)58-54/h1-32H. The van der Waals surface area contributed by atoms with Crippen molar-refractivity contribution in [3.05, 3.63) is 194 Å². The highest BCUT2D eigenvalue weighted by molar-refractivity contribution is 6.13. The maximum atomic E-state index is 6.14. The van der Waals surface area contributed by atoms with E-state index in [2.05, 4.69) is 179 Å². The number of hydrogen-bond acceptors (Lipinski definition) is 2. The number of rotatable bonds is 4. The zero-order chi connectivity index (χ0) is 37.9. The normalized spacial score (nSPS) is 12.1. The first-order valence-corrected chi connectivity index (χ1v) is 19.7. The first-order valence-electron chi connectivity index (χ1n) is 19.7. The van der Waals surface area contributed by atoms with Gasteiger partial charge in [0.05, 0.1) is 22.1 Å². The molecule has 0 radical (unpaired) electrons. The first kappa shape index (κ1) is 31.4. The van der Waals surface area contributed by atoms with Crippen molar-refractivity contribution in [3.8, 4) is 33.6 Å². The summed E-state index contributed by atoms with van der Waals surface area (Å²) in [4.78, 5) is 0. The molecule has 0 bridgehead atoms. The van der Waals surface area contributed by atoms with E-state index in [1.165, 1.54) is 65.9 Å². The molecule has 0 fully saturated rings. The molecule has 0 aliphatic heterocycles. The van der Waals surface area contributed by atoms with Crippen molar-refractivity contribution < 1.29 is 8.83 Å². The van der Waals surface area contributed by atoms with Crippen LogP contribution in [0.15, 0.2) is 203 Å². The molecule has 58 heavy (non-hydrogen) atoms. The third-order valence-corrected chi connectivity index (χ3v) is 12.1. The molecule has 4 nitrogen and oxygen atoms in total. The molecule has 9 aromatic carbocycles. The van der Waals surface area contributed by atoms with Crippen LogP contribution in [0.25, 0.3) is 121 Å². The minimum absolute atomic E-state index is 0.910. The summed E-state index contributed by atoms with van der Waals surface area (Å²) in [6.45, 7) is 0. The lowest BCUT2D eigenvalue weighted by Gasteiger charge is -2.13. The van der Waals surface area contributed by atoms with Gasteiger partial charge in [0, 0.05) is 54.5 Å². The van der Waals surface area contributed by atoms with Crippen LogP contribution in [0.5, 0.6) is 0 Å². The average Bonchev–Trinajstić information content (AvgIpc) is 4.03. The number of fused-ring (bicyclic) bond motifs is 12. The molecule has 4 aromatic heterocycles. The Morgan fingerprint density at radius 1 is 0.241 bits per heavy atom. The van der Waals surface area contributed by atoms with Crippen molar-refractivity contribution in [3.63, 3.8) is 0 Å². The van der Waals surface area contributed by atoms with Crippen molar-refractivity contribution in [1.82, 2.24) is 9.13 Å². The van der Waals surface area contributed by atoms with Gasteiger partial charge in [-0.15, -0.1) is 0 Å². The van der Waals surface area contributed by atoms with Gasteiger partial charge in [0.2, 0.25) is 0 Å². The first-order chi connectivity index (χ1) is 28.7. The quantitative estimate of drug-likeness (QED) is 0.180. The van der Waals surface area contributed by atoms with Crippen LogP contribution in [0.3, 0.4) is 0 Å². The largest absolute Gasteiger partial charge is 0.456 e. The van der Waals surface area contributed by atoms with E-state index < -0.39 is 0 Å². The lowest BCUT2D eigenvalue weighted by molar-refractivity contribution is 0.668. The van der Waals surface area contributed by atoms with Crippen molar-refractivity contribution >= 4 is 87.5 Å². The van der Waals surface area contributed by atoms with Gasteiger partial charge < -0.3 is 18.0 Å². The van der Waals surface area contributed by atoms with Crippen LogP contribution in [0.4, 0.5) is 0 Å². The molecule has 0 aliphatic rings. The molecule has 13 rings (SSSR count). The second kappa shape index (κ2) is 11.8. The van der Waals surface area contributed by atoms with E-state index >= 15 is 0 Å². The summed E-state index contributed by atoms with van der Waals surface area (Å²) < 4.78 is 17.1. The summed E-state index contributed by atoms with van der Waals surface area (Å²) in [5.74, 6) is 0. The van der Waals surface area contributed by atoms with Crippen LogP contribution in [0.2, 0.25) is 0 Å². The van der Waals surface area contributed by atoms with E-state index in [1.807, 2.05) is 24.3 Å². The van der Waals surface area contributed by atoms with Gasteiger partial charge in [-0.3, -0.25) is 0 Å². The van der Waals surface area contributed by atoms with E-state index in [-0.39, 0.29) is 0 Å². The second-order valence-corrected chi connectivity index (χ2v) is 15.3. The third-order valence-electron chi connectivity index (χ3n) is 12.1. The molecular weight excluding hydrogens is 709 g/mol. The van der Waals surface area contributed by atoms with Crippen molar-refractivity contribution in [2.45, 2.75) is 0 Å². The van der Waals surface area contributed by atoms with Crippen LogP contribution < -0.4 is 0 Å².